The van der Waals surface area contributed by atoms with Crippen LogP contribution in [0.25, 0.3) is 0 Å². The van der Waals surface area contributed by atoms with E-state index in [4.69, 9.17) is 15.4 Å². The first-order chi connectivity index (χ1) is 9.20. The summed E-state index contributed by atoms with van der Waals surface area (Å²) < 4.78 is 4.89. The van der Waals surface area contributed by atoms with Gasteiger partial charge < -0.3 is 20.7 Å². The molecule has 0 radical (unpaired) electrons. The fourth-order valence-electron chi connectivity index (χ4n) is 1.40. The standard InChI is InChI=1S/C12H12N4O3/c13-11(16-18)9-1-2-10(14-6-9)12(17)15-5-8-3-4-19-7-8/h1-4,6-7,18H,5H2,(H2,13,16)(H,15,17). The Bertz CT molecular complexity index is 576. The summed E-state index contributed by atoms with van der Waals surface area (Å²) in [5.41, 5.74) is 6.94. The number of amidine groups is 1. The molecule has 2 aromatic heterocycles. The number of nitrogens with one attached hydrogen (secondary N) is 1. The Morgan fingerprint density at radius 2 is 2.32 bits per heavy atom. The lowest BCUT2D eigenvalue weighted by molar-refractivity contribution is 0.0946. The van der Waals surface area contributed by atoms with E-state index in [1.165, 1.54) is 18.5 Å². The zero-order chi connectivity index (χ0) is 13.7. The summed E-state index contributed by atoms with van der Waals surface area (Å²) in [6, 6.07) is 4.81. The van der Waals surface area contributed by atoms with Crippen LogP contribution in [0.4, 0.5) is 0 Å². The summed E-state index contributed by atoms with van der Waals surface area (Å²) >= 11 is 0. The van der Waals surface area contributed by atoms with Gasteiger partial charge in [-0.15, -0.1) is 0 Å². The average molecular weight is 260 g/mol. The first-order valence-electron chi connectivity index (χ1n) is 5.44. The van der Waals surface area contributed by atoms with Crippen LogP contribution >= 0.6 is 0 Å². The number of pyridine rings is 1. The van der Waals surface area contributed by atoms with Crippen LogP contribution in [0.3, 0.4) is 0 Å². The van der Waals surface area contributed by atoms with Crippen molar-refractivity contribution >= 4 is 11.7 Å². The molecule has 0 saturated heterocycles. The molecule has 4 N–H and O–H groups in total. The molecule has 0 aliphatic rings. The van der Waals surface area contributed by atoms with Crippen LogP contribution in [0.5, 0.6) is 0 Å². The van der Waals surface area contributed by atoms with Gasteiger partial charge in [0.15, 0.2) is 5.84 Å². The molecule has 0 bridgehead atoms. The molecular weight excluding hydrogens is 248 g/mol. The van der Waals surface area contributed by atoms with Crippen LogP contribution in [0.2, 0.25) is 0 Å². The molecule has 0 aliphatic carbocycles. The molecule has 0 aliphatic heterocycles. The van der Waals surface area contributed by atoms with Gasteiger partial charge in [0.25, 0.3) is 5.91 Å². The van der Waals surface area contributed by atoms with Gasteiger partial charge in [0.1, 0.15) is 5.69 Å². The Balaban J connectivity index is 1.99. The summed E-state index contributed by atoms with van der Waals surface area (Å²) in [6.07, 6.45) is 4.45. The molecule has 0 atom stereocenters. The van der Waals surface area contributed by atoms with E-state index in [-0.39, 0.29) is 17.4 Å². The monoisotopic (exact) mass is 260 g/mol. The van der Waals surface area contributed by atoms with Crippen molar-refractivity contribution in [1.82, 2.24) is 10.3 Å². The number of rotatable bonds is 4. The highest BCUT2D eigenvalue weighted by Crippen LogP contribution is 2.02. The number of furan rings is 1. The minimum Gasteiger partial charge on any atom is -0.472 e. The number of nitrogens with two attached hydrogens (primary N) is 1. The third-order valence-electron chi connectivity index (χ3n) is 2.43. The number of carbonyl (C=O) groups excluding carboxylic acids is 1. The molecule has 0 saturated carbocycles. The van der Waals surface area contributed by atoms with E-state index in [1.807, 2.05) is 0 Å². The summed E-state index contributed by atoms with van der Waals surface area (Å²) in [5.74, 6) is -0.370. The predicted octanol–water partition coefficient (Wildman–Crippen LogP) is 0.699. The Kier molecular flexibility index (Phi) is 3.77. The van der Waals surface area contributed by atoms with Crippen molar-refractivity contribution in [1.29, 1.82) is 0 Å². The Morgan fingerprint density at radius 1 is 1.47 bits per heavy atom. The summed E-state index contributed by atoms with van der Waals surface area (Å²) in [5, 5.41) is 14.0. The van der Waals surface area contributed by atoms with Gasteiger partial charge in [-0.05, 0) is 18.2 Å². The minimum absolute atomic E-state index is 0.0575. The molecule has 19 heavy (non-hydrogen) atoms. The van der Waals surface area contributed by atoms with Crippen molar-refractivity contribution in [3.05, 3.63) is 53.7 Å². The molecule has 1 amide bonds. The number of hydrogen-bond acceptors (Lipinski definition) is 5. The maximum absolute atomic E-state index is 11.8. The molecule has 0 aromatic carbocycles. The van der Waals surface area contributed by atoms with Gasteiger partial charge in [-0.25, -0.2) is 0 Å². The second-order valence-corrected chi connectivity index (χ2v) is 3.73. The van der Waals surface area contributed by atoms with E-state index in [9.17, 15) is 4.79 Å². The largest absolute Gasteiger partial charge is 0.472 e. The molecular formula is C12H12N4O3. The molecule has 7 heteroatoms. The first-order valence-corrected chi connectivity index (χ1v) is 5.44. The third kappa shape index (κ3) is 3.09. The SMILES string of the molecule is N/C(=N/O)c1ccc(C(=O)NCc2ccoc2)nc1. The summed E-state index contributed by atoms with van der Waals surface area (Å²) in [6.45, 7) is 0.360. The summed E-state index contributed by atoms with van der Waals surface area (Å²) in [7, 11) is 0. The number of amides is 1. The number of carbonyl (C=O) groups is 1. The molecule has 0 unspecified atom stereocenters. The van der Waals surface area contributed by atoms with E-state index >= 15 is 0 Å². The van der Waals surface area contributed by atoms with Crippen molar-refractivity contribution in [3.8, 4) is 0 Å². The van der Waals surface area contributed by atoms with Gasteiger partial charge in [-0.2, -0.15) is 0 Å². The normalized spacial score (nSPS) is 11.3. The van der Waals surface area contributed by atoms with Crippen LogP contribution in [-0.2, 0) is 6.54 Å². The van der Waals surface area contributed by atoms with E-state index in [2.05, 4.69) is 15.5 Å². The van der Waals surface area contributed by atoms with E-state index in [0.717, 1.165) is 5.56 Å². The van der Waals surface area contributed by atoms with Crippen molar-refractivity contribution < 1.29 is 14.4 Å². The Labute approximate surface area is 108 Å². The van der Waals surface area contributed by atoms with Gasteiger partial charge in [0, 0.05) is 23.9 Å². The van der Waals surface area contributed by atoms with Crippen LogP contribution < -0.4 is 11.1 Å². The number of hydrogen-bond donors (Lipinski definition) is 3. The number of aromatic nitrogens is 1. The topological polar surface area (TPSA) is 114 Å². The van der Waals surface area contributed by atoms with Gasteiger partial charge in [0.2, 0.25) is 0 Å². The zero-order valence-corrected chi connectivity index (χ0v) is 9.91. The third-order valence-corrected chi connectivity index (χ3v) is 2.43. The molecule has 2 aromatic rings. The Morgan fingerprint density at radius 3 is 2.89 bits per heavy atom. The van der Waals surface area contributed by atoms with Gasteiger partial charge in [-0.1, -0.05) is 5.16 Å². The maximum Gasteiger partial charge on any atom is 0.270 e. The van der Waals surface area contributed by atoms with E-state index in [1.54, 1.807) is 18.4 Å². The van der Waals surface area contributed by atoms with Gasteiger partial charge in [-0.3, -0.25) is 9.78 Å². The van der Waals surface area contributed by atoms with Gasteiger partial charge in [0.05, 0.1) is 12.5 Å². The van der Waals surface area contributed by atoms with Crippen molar-refractivity contribution in [2.45, 2.75) is 6.54 Å². The average Bonchev–Trinajstić information content (AvgIpc) is 2.97. The van der Waals surface area contributed by atoms with Crippen molar-refractivity contribution in [2.75, 3.05) is 0 Å². The highest BCUT2D eigenvalue weighted by molar-refractivity contribution is 5.98. The molecule has 0 spiro atoms. The van der Waals surface area contributed by atoms with E-state index < -0.39 is 0 Å². The van der Waals surface area contributed by atoms with E-state index in [0.29, 0.717) is 12.1 Å². The molecule has 98 valence electrons. The predicted molar refractivity (Wildman–Crippen MR) is 66.6 cm³/mol. The first kappa shape index (κ1) is 12.6. The van der Waals surface area contributed by atoms with Crippen LogP contribution in [0, 0.1) is 0 Å². The quantitative estimate of drug-likeness (QED) is 0.324. The highest BCUT2D eigenvalue weighted by atomic mass is 16.4. The zero-order valence-electron chi connectivity index (χ0n) is 9.91. The van der Waals surface area contributed by atoms with Crippen molar-refractivity contribution in [2.24, 2.45) is 10.9 Å². The number of oxime groups is 1. The molecule has 2 heterocycles. The smallest absolute Gasteiger partial charge is 0.270 e. The minimum atomic E-state index is -0.313. The second kappa shape index (κ2) is 5.67. The van der Waals surface area contributed by atoms with Crippen molar-refractivity contribution in [3.63, 3.8) is 0 Å². The Hall–Kier alpha value is -2.83. The number of nitrogens with zero attached hydrogens (tertiary/aromatic N) is 2. The highest BCUT2D eigenvalue weighted by Gasteiger charge is 2.08. The molecule has 2 rings (SSSR count). The second-order valence-electron chi connectivity index (χ2n) is 3.73. The van der Waals surface area contributed by atoms with Crippen LogP contribution in [-0.4, -0.2) is 21.9 Å². The lowest BCUT2D eigenvalue weighted by atomic mass is 10.2. The van der Waals surface area contributed by atoms with Gasteiger partial charge >= 0.3 is 0 Å². The van der Waals surface area contributed by atoms with Crippen LogP contribution in [0.1, 0.15) is 21.6 Å². The lowest BCUT2D eigenvalue weighted by Crippen LogP contribution is -2.24. The molecule has 7 nitrogen and oxygen atoms in total. The maximum atomic E-state index is 11.8. The van der Waals surface area contributed by atoms with Crippen LogP contribution in [0.15, 0.2) is 46.5 Å². The lowest BCUT2D eigenvalue weighted by Gasteiger charge is -2.03. The fourth-order valence-corrected chi connectivity index (χ4v) is 1.40. The molecule has 0 fully saturated rings. The summed E-state index contributed by atoms with van der Waals surface area (Å²) in [4.78, 5) is 15.7. The fraction of sp³-hybridized carbons (Fsp3) is 0.0833.